The number of unbranched alkanes of at least 4 members (excludes halogenated alkanes) is 1. The quantitative estimate of drug-likeness (QED) is 0.551. The topological polar surface area (TPSA) is 58.4 Å². The van der Waals surface area contributed by atoms with E-state index in [2.05, 4.69) is 24.1 Å². The Morgan fingerprint density at radius 2 is 1.93 bits per heavy atom. The second kappa shape index (κ2) is 8.97. The lowest BCUT2D eigenvalue weighted by Gasteiger charge is -2.17. The van der Waals surface area contributed by atoms with Crippen LogP contribution in [0.15, 0.2) is 0 Å². The van der Waals surface area contributed by atoms with Gasteiger partial charge >= 0.3 is 0 Å². The minimum atomic E-state index is -0.0622. The van der Waals surface area contributed by atoms with E-state index in [1.54, 1.807) is 0 Å². The highest BCUT2D eigenvalue weighted by atomic mass is 16.1. The maximum Gasteiger partial charge on any atom is 0.233 e. The number of nitrogens with one attached hydrogen (secondary N) is 1. The van der Waals surface area contributed by atoms with Crippen LogP contribution in [0.4, 0.5) is 0 Å². The first-order valence-corrected chi connectivity index (χ1v) is 5.43. The molecule has 0 saturated carbocycles. The Morgan fingerprint density at radius 3 is 2.43 bits per heavy atom. The lowest BCUT2D eigenvalue weighted by Crippen LogP contribution is -2.31. The van der Waals surface area contributed by atoms with Crippen molar-refractivity contribution in [3.63, 3.8) is 0 Å². The van der Waals surface area contributed by atoms with Crippen LogP contribution < -0.4 is 11.1 Å². The molecule has 0 aliphatic heterocycles. The second-order valence-electron chi connectivity index (χ2n) is 3.29. The van der Waals surface area contributed by atoms with E-state index in [-0.39, 0.29) is 12.5 Å². The molecule has 84 valence electrons. The van der Waals surface area contributed by atoms with Crippen LogP contribution in [0.5, 0.6) is 0 Å². The fraction of sp³-hybridized carbons (Fsp3) is 0.900. The van der Waals surface area contributed by atoms with E-state index in [1.807, 2.05) is 0 Å². The van der Waals surface area contributed by atoms with Gasteiger partial charge < -0.3 is 16.0 Å². The molecule has 0 aromatic carbocycles. The molecular formula is C10H23N3O. The molecular weight excluding hydrogens is 178 g/mol. The lowest BCUT2D eigenvalue weighted by atomic mass is 10.3. The van der Waals surface area contributed by atoms with Crippen molar-refractivity contribution < 1.29 is 4.79 Å². The van der Waals surface area contributed by atoms with Crippen LogP contribution in [0.25, 0.3) is 0 Å². The number of carbonyl (C=O) groups is 1. The van der Waals surface area contributed by atoms with E-state index >= 15 is 0 Å². The van der Waals surface area contributed by atoms with Crippen molar-refractivity contribution in [3.05, 3.63) is 0 Å². The molecule has 4 nitrogen and oxygen atoms in total. The van der Waals surface area contributed by atoms with E-state index in [0.29, 0.717) is 0 Å². The van der Waals surface area contributed by atoms with Gasteiger partial charge in [-0.05, 0) is 32.5 Å². The SMILES string of the molecule is CCN(CC)CCCCNC(=O)CN. The first-order chi connectivity index (χ1) is 6.74. The molecule has 0 atom stereocenters. The summed E-state index contributed by atoms with van der Waals surface area (Å²) < 4.78 is 0. The van der Waals surface area contributed by atoms with Crippen LogP contribution in [0.3, 0.4) is 0 Å². The van der Waals surface area contributed by atoms with Crippen LogP contribution in [0, 0.1) is 0 Å². The molecule has 0 bridgehead atoms. The first-order valence-electron chi connectivity index (χ1n) is 5.43. The zero-order chi connectivity index (χ0) is 10.8. The summed E-state index contributed by atoms with van der Waals surface area (Å²) in [6.45, 7) is 8.50. The fourth-order valence-corrected chi connectivity index (χ4v) is 1.30. The summed E-state index contributed by atoms with van der Waals surface area (Å²) in [5.74, 6) is -0.0622. The Kier molecular flexibility index (Phi) is 8.57. The molecule has 4 heteroatoms. The van der Waals surface area contributed by atoms with Gasteiger partial charge in [-0.15, -0.1) is 0 Å². The van der Waals surface area contributed by atoms with Crippen molar-refractivity contribution in [3.8, 4) is 0 Å². The number of nitrogens with zero attached hydrogens (tertiary/aromatic N) is 1. The zero-order valence-corrected chi connectivity index (χ0v) is 9.38. The first kappa shape index (κ1) is 13.4. The van der Waals surface area contributed by atoms with E-state index in [1.165, 1.54) is 0 Å². The Balaban J connectivity index is 3.24. The summed E-state index contributed by atoms with van der Waals surface area (Å²) in [4.78, 5) is 13.2. The highest BCUT2D eigenvalue weighted by molar-refractivity contribution is 5.77. The van der Waals surface area contributed by atoms with Crippen LogP contribution in [0.1, 0.15) is 26.7 Å². The number of rotatable bonds is 8. The molecule has 0 radical (unpaired) electrons. The standard InChI is InChI=1S/C10H23N3O/c1-3-13(4-2)8-6-5-7-12-10(14)9-11/h3-9,11H2,1-2H3,(H,12,14). The number of hydrogen-bond acceptors (Lipinski definition) is 3. The van der Waals surface area contributed by atoms with Gasteiger partial charge in [0, 0.05) is 6.54 Å². The van der Waals surface area contributed by atoms with Gasteiger partial charge in [-0.2, -0.15) is 0 Å². The highest BCUT2D eigenvalue weighted by Crippen LogP contribution is 1.93. The van der Waals surface area contributed by atoms with Crippen molar-refractivity contribution in [2.24, 2.45) is 5.73 Å². The van der Waals surface area contributed by atoms with Gasteiger partial charge in [-0.1, -0.05) is 13.8 Å². The molecule has 0 spiro atoms. The largest absolute Gasteiger partial charge is 0.355 e. The summed E-state index contributed by atoms with van der Waals surface area (Å²) in [6.07, 6.45) is 2.16. The Hall–Kier alpha value is -0.610. The molecule has 0 heterocycles. The number of nitrogens with two attached hydrogens (primary N) is 1. The number of carbonyl (C=O) groups excluding carboxylic acids is 1. The number of amides is 1. The summed E-state index contributed by atoms with van der Waals surface area (Å²) in [5, 5.41) is 2.76. The van der Waals surface area contributed by atoms with Gasteiger partial charge in [0.25, 0.3) is 0 Å². The van der Waals surface area contributed by atoms with E-state index in [4.69, 9.17) is 5.73 Å². The summed E-state index contributed by atoms with van der Waals surface area (Å²) in [7, 11) is 0. The third-order valence-corrected chi connectivity index (χ3v) is 2.30. The van der Waals surface area contributed by atoms with Crippen molar-refractivity contribution >= 4 is 5.91 Å². The molecule has 0 aromatic heterocycles. The van der Waals surface area contributed by atoms with Gasteiger partial charge in [-0.3, -0.25) is 4.79 Å². The predicted molar refractivity (Wildman–Crippen MR) is 59.1 cm³/mol. The molecule has 0 rings (SSSR count). The molecule has 0 saturated heterocycles. The Morgan fingerprint density at radius 1 is 1.29 bits per heavy atom. The molecule has 0 aliphatic carbocycles. The van der Waals surface area contributed by atoms with Gasteiger partial charge in [0.1, 0.15) is 0 Å². The van der Waals surface area contributed by atoms with Crippen LogP contribution in [0.2, 0.25) is 0 Å². The van der Waals surface area contributed by atoms with Crippen molar-refractivity contribution in [1.82, 2.24) is 10.2 Å². The van der Waals surface area contributed by atoms with Crippen molar-refractivity contribution in [1.29, 1.82) is 0 Å². The molecule has 1 amide bonds. The molecule has 3 N–H and O–H groups in total. The third-order valence-electron chi connectivity index (χ3n) is 2.30. The summed E-state index contributed by atoms with van der Waals surface area (Å²) in [5.41, 5.74) is 5.16. The van der Waals surface area contributed by atoms with Crippen molar-refractivity contribution in [2.75, 3.05) is 32.7 Å². The average molecular weight is 201 g/mol. The monoisotopic (exact) mass is 201 g/mol. The van der Waals surface area contributed by atoms with Crippen LogP contribution in [-0.4, -0.2) is 43.5 Å². The number of hydrogen-bond donors (Lipinski definition) is 2. The van der Waals surface area contributed by atoms with Crippen LogP contribution >= 0.6 is 0 Å². The molecule has 0 aliphatic rings. The van der Waals surface area contributed by atoms with E-state index in [0.717, 1.165) is 39.0 Å². The lowest BCUT2D eigenvalue weighted by molar-refractivity contribution is -0.119. The summed E-state index contributed by atoms with van der Waals surface area (Å²) in [6, 6.07) is 0. The summed E-state index contributed by atoms with van der Waals surface area (Å²) >= 11 is 0. The van der Waals surface area contributed by atoms with Crippen LogP contribution in [-0.2, 0) is 4.79 Å². The minimum absolute atomic E-state index is 0.0622. The maximum atomic E-state index is 10.8. The third kappa shape index (κ3) is 6.86. The predicted octanol–water partition coefficient (Wildman–Crippen LogP) is 0.183. The van der Waals surface area contributed by atoms with Gasteiger partial charge in [0.05, 0.1) is 6.54 Å². The minimum Gasteiger partial charge on any atom is -0.355 e. The van der Waals surface area contributed by atoms with Gasteiger partial charge in [0.2, 0.25) is 5.91 Å². The smallest absolute Gasteiger partial charge is 0.233 e. The van der Waals surface area contributed by atoms with E-state index in [9.17, 15) is 4.79 Å². The maximum absolute atomic E-state index is 10.8. The normalized spacial score (nSPS) is 10.6. The second-order valence-corrected chi connectivity index (χ2v) is 3.29. The Labute approximate surface area is 86.8 Å². The fourth-order valence-electron chi connectivity index (χ4n) is 1.30. The Bertz CT molecular complexity index is 146. The average Bonchev–Trinajstić information content (AvgIpc) is 2.23. The van der Waals surface area contributed by atoms with Gasteiger partial charge in [-0.25, -0.2) is 0 Å². The highest BCUT2D eigenvalue weighted by Gasteiger charge is 1.99. The van der Waals surface area contributed by atoms with Gasteiger partial charge in [0.15, 0.2) is 0 Å². The molecule has 0 fully saturated rings. The zero-order valence-electron chi connectivity index (χ0n) is 9.38. The van der Waals surface area contributed by atoms with E-state index < -0.39 is 0 Å². The molecule has 14 heavy (non-hydrogen) atoms. The van der Waals surface area contributed by atoms with Crippen molar-refractivity contribution in [2.45, 2.75) is 26.7 Å². The molecule has 0 unspecified atom stereocenters. The molecule has 0 aromatic rings.